The Morgan fingerprint density at radius 2 is 2.00 bits per heavy atom. The summed E-state index contributed by atoms with van der Waals surface area (Å²) in [5.41, 5.74) is 0. The first-order chi connectivity index (χ1) is 11.3. The van der Waals surface area contributed by atoms with E-state index in [2.05, 4.69) is 46.5 Å². The van der Waals surface area contributed by atoms with Crippen LogP contribution in [-0.2, 0) is 17.7 Å². The van der Waals surface area contributed by atoms with Crippen molar-refractivity contribution in [2.24, 2.45) is 4.99 Å². The monoisotopic (exact) mass is 338 g/mol. The fraction of sp³-hybridized carbons (Fsp3) is 0.706. The summed E-state index contributed by atoms with van der Waals surface area (Å²) < 4.78 is 5.37. The van der Waals surface area contributed by atoms with Crippen LogP contribution < -0.4 is 10.6 Å². The van der Waals surface area contributed by atoms with Crippen molar-refractivity contribution >= 4 is 17.3 Å². The highest BCUT2D eigenvalue weighted by molar-refractivity contribution is 7.11. The molecule has 1 aromatic heterocycles. The molecular formula is C17H30N4OS. The molecule has 1 fully saturated rings. The number of guanidine groups is 1. The number of aryl methyl sites for hydroxylation is 1. The highest BCUT2D eigenvalue weighted by Crippen LogP contribution is 2.17. The molecule has 2 rings (SSSR count). The van der Waals surface area contributed by atoms with E-state index in [1.54, 1.807) is 0 Å². The first kappa shape index (κ1) is 18.2. The molecule has 1 saturated heterocycles. The molecule has 0 amide bonds. The average Bonchev–Trinajstić information content (AvgIpc) is 3.05. The lowest BCUT2D eigenvalue weighted by molar-refractivity contribution is 0.0376. The van der Waals surface area contributed by atoms with Crippen molar-refractivity contribution in [3.8, 4) is 0 Å². The minimum absolute atomic E-state index is 0.753. The summed E-state index contributed by atoms with van der Waals surface area (Å²) in [6.07, 6.45) is 2.23. The van der Waals surface area contributed by atoms with Gasteiger partial charge in [-0.25, -0.2) is 4.99 Å². The maximum absolute atomic E-state index is 5.37. The van der Waals surface area contributed by atoms with Crippen molar-refractivity contribution < 1.29 is 4.74 Å². The molecule has 1 aliphatic rings. The minimum atomic E-state index is 0.753. The molecule has 2 heterocycles. The molecule has 0 saturated carbocycles. The highest BCUT2D eigenvalue weighted by Gasteiger charge is 2.09. The molecule has 0 aliphatic carbocycles. The van der Waals surface area contributed by atoms with Gasteiger partial charge in [0.2, 0.25) is 0 Å². The van der Waals surface area contributed by atoms with Crippen LogP contribution in [0.2, 0.25) is 0 Å². The van der Waals surface area contributed by atoms with E-state index >= 15 is 0 Å². The number of aliphatic imine (C=N–C) groups is 1. The summed E-state index contributed by atoms with van der Waals surface area (Å²) in [4.78, 5) is 9.91. The molecule has 5 nitrogen and oxygen atoms in total. The van der Waals surface area contributed by atoms with Crippen LogP contribution in [0.5, 0.6) is 0 Å². The van der Waals surface area contributed by atoms with Crippen molar-refractivity contribution in [1.82, 2.24) is 15.5 Å². The van der Waals surface area contributed by atoms with E-state index in [1.165, 1.54) is 9.75 Å². The van der Waals surface area contributed by atoms with E-state index in [0.717, 1.165) is 71.3 Å². The van der Waals surface area contributed by atoms with Gasteiger partial charge >= 0.3 is 0 Å². The standard InChI is InChI=1S/C17H30N4OS/c1-3-15-6-7-16(23-15)14-20-17(18-4-2)19-8-5-9-21-10-12-22-13-11-21/h6-7H,3-5,8-14H2,1-2H3,(H2,18,19,20). The van der Waals surface area contributed by atoms with Crippen LogP contribution in [0.3, 0.4) is 0 Å². The SMILES string of the molecule is CCNC(=NCc1ccc(CC)s1)NCCCN1CCOCC1. The van der Waals surface area contributed by atoms with Crippen molar-refractivity contribution in [2.45, 2.75) is 33.2 Å². The number of hydrogen-bond donors (Lipinski definition) is 2. The van der Waals surface area contributed by atoms with Crippen molar-refractivity contribution in [2.75, 3.05) is 45.9 Å². The van der Waals surface area contributed by atoms with E-state index in [0.29, 0.717) is 0 Å². The topological polar surface area (TPSA) is 48.9 Å². The predicted octanol–water partition coefficient (Wildman–Crippen LogP) is 2.09. The van der Waals surface area contributed by atoms with Crippen LogP contribution >= 0.6 is 11.3 Å². The molecule has 0 spiro atoms. The van der Waals surface area contributed by atoms with Crippen LogP contribution in [0.4, 0.5) is 0 Å². The van der Waals surface area contributed by atoms with Gasteiger partial charge in [-0.15, -0.1) is 11.3 Å². The first-order valence-corrected chi connectivity index (χ1v) is 9.53. The fourth-order valence-corrected chi connectivity index (χ4v) is 3.41. The lowest BCUT2D eigenvalue weighted by Gasteiger charge is -2.26. The minimum Gasteiger partial charge on any atom is -0.379 e. The van der Waals surface area contributed by atoms with Gasteiger partial charge in [0.25, 0.3) is 0 Å². The zero-order valence-corrected chi connectivity index (χ0v) is 15.3. The smallest absolute Gasteiger partial charge is 0.191 e. The molecule has 23 heavy (non-hydrogen) atoms. The van der Waals surface area contributed by atoms with Crippen molar-refractivity contribution in [3.05, 3.63) is 21.9 Å². The Bertz CT molecular complexity index is 469. The maximum Gasteiger partial charge on any atom is 0.191 e. The van der Waals surface area contributed by atoms with E-state index in [4.69, 9.17) is 4.74 Å². The van der Waals surface area contributed by atoms with Crippen molar-refractivity contribution in [3.63, 3.8) is 0 Å². The summed E-state index contributed by atoms with van der Waals surface area (Å²) in [6, 6.07) is 4.40. The number of ether oxygens (including phenoxy) is 1. The molecule has 0 atom stereocenters. The van der Waals surface area contributed by atoms with E-state index < -0.39 is 0 Å². The highest BCUT2D eigenvalue weighted by atomic mass is 32.1. The third-order valence-electron chi connectivity index (χ3n) is 3.85. The molecule has 0 unspecified atom stereocenters. The van der Waals surface area contributed by atoms with Gasteiger partial charge in [-0.05, 0) is 38.4 Å². The zero-order valence-electron chi connectivity index (χ0n) is 14.4. The van der Waals surface area contributed by atoms with Gasteiger partial charge in [0, 0.05) is 35.9 Å². The Labute approximate surface area is 144 Å². The molecule has 130 valence electrons. The van der Waals surface area contributed by atoms with Crippen molar-refractivity contribution in [1.29, 1.82) is 0 Å². The summed E-state index contributed by atoms with van der Waals surface area (Å²) in [5.74, 6) is 0.918. The largest absolute Gasteiger partial charge is 0.379 e. The van der Waals surface area contributed by atoms with Gasteiger partial charge in [0.15, 0.2) is 5.96 Å². The Morgan fingerprint density at radius 1 is 1.22 bits per heavy atom. The number of rotatable bonds is 8. The maximum atomic E-state index is 5.37. The second-order valence-corrected chi connectivity index (χ2v) is 6.90. The molecule has 6 heteroatoms. The molecule has 0 bridgehead atoms. The molecule has 1 aliphatic heterocycles. The Kier molecular flexibility index (Phi) is 8.42. The molecule has 1 aromatic rings. The van der Waals surface area contributed by atoms with Crippen LogP contribution in [-0.4, -0.2) is 56.8 Å². The van der Waals surface area contributed by atoms with Gasteiger partial charge < -0.3 is 15.4 Å². The lowest BCUT2D eigenvalue weighted by atomic mass is 10.3. The quantitative estimate of drug-likeness (QED) is 0.433. The van der Waals surface area contributed by atoms with E-state index in [-0.39, 0.29) is 0 Å². The van der Waals surface area contributed by atoms with Crippen LogP contribution in [0.15, 0.2) is 17.1 Å². The van der Waals surface area contributed by atoms with Gasteiger partial charge in [0.1, 0.15) is 0 Å². The van der Waals surface area contributed by atoms with Gasteiger partial charge in [-0.2, -0.15) is 0 Å². The summed E-state index contributed by atoms with van der Waals surface area (Å²) >= 11 is 1.86. The molecule has 2 N–H and O–H groups in total. The number of hydrogen-bond acceptors (Lipinski definition) is 4. The predicted molar refractivity (Wildman–Crippen MR) is 98.4 cm³/mol. The Morgan fingerprint density at radius 3 is 2.70 bits per heavy atom. The second kappa shape index (κ2) is 10.6. The molecular weight excluding hydrogens is 308 g/mol. The molecule has 0 radical (unpaired) electrons. The fourth-order valence-electron chi connectivity index (χ4n) is 2.53. The van der Waals surface area contributed by atoms with Crippen LogP contribution in [0, 0.1) is 0 Å². The number of nitrogens with one attached hydrogen (secondary N) is 2. The van der Waals surface area contributed by atoms with E-state index in [9.17, 15) is 0 Å². The number of thiophene rings is 1. The average molecular weight is 339 g/mol. The number of morpholine rings is 1. The van der Waals surface area contributed by atoms with Crippen LogP contribution in [0.25, 0.3) is 0 Å². The second-order valence-electron chi connectivity index (χ2n) is 5.65. The summed E-state index contributed by atoms with van der Waals surface area (Å²) in [6.45, 7) is 11.9. The van der Waals surface area contributed by atoms with Crippen LogP contribution in [0.1, 0.15) is 30.0 Å². The third kappa shape index (κ3) is 6.89. The lowest BCUT2D eigenvalue weighted by Crippen LogP contribution is -2.40. The first-order valence-electron chi connectivity index (χ1n) is 8.71. The summed E-state index contributed by atoms with van der Waals surface area (Å²) in [5, 5.41) is 6.76. The van der Waals surface area contributed by atoms with Gasteiger partial charge in [0.05, 0.1) is 19.8 Å². The normalized spacial score (nSPS) is 16.5. The Hall–Kier alpha value is -1.11. The van der Waals surface area contributed by atoms with Gasteiger partial charge in [-0.1, -0.05) is 6.92 Å². The van der Waals surface area contributed by atoms with E-state index in [1.807, 2.05) is 11.3 Å². The third-order valence-corrected chi connectivity index (χ3v) is 5.06. The summed E-state index contributed by atoms with van der Waals surface area (Å²) in [7, 11) is 0. The zero-order chi connectivity index (χ0) is 16.3. The number of nitrogens with zero attached hydrogens (tertiary/aromatic N) is 2. The Balaban J connectivity index is 1.70. The van der Waals surface area contributed by atoms with Gasteiger partial charge in [-0.3, -0.25) is 4.90 Å². The molecule has 0 aromatic carbocycles.